The fourth-order valence-electron chi connectivity index (χ4n) is 12.1. The smallest absolute Gasteiger partial charge is 0.329 e. The van der Waals surface area contributed by atoms with Crippen LogP contribution in [0.25, 0.3) is 0 Å². The number of piperidine rings is 1. The molecule has 0 spiro atoms. The second kappa shape index (κ2) is 32.2. The van der Waals surface area contributed by atoms with Crippen LogP contribution in [-0.4, -0.2) is 196 Å². The number of esters is 1. The molecule has 15 atom stereocenters. The van der Waals surface area contributed by atoms with Gasteiger partial charge < -0.3 is 58.1 Å². The summed E-state index contributed by atoms with van der Waals surface area (Å²) in [5.74, 6) is -7.89. The SMILES string of the molecule is COCCO[C@H]1C[C@@H]2CC[C@@H](C)[C@@](O)(O2)C(=O)C(=O)N2CCCCC2C(=O)O[C@H]([C@H](C)C[C@@H]2CC[C@@H](OCCCN3CCN(C)CC3)[C@H](OC)C2)CC(=O)[C@H](C)/C=C(\C)[C@@H](O)[C@@H](OC)C(=O)[C@H](C)C[C@H](C)/C=C/C=CC=C1C. The van der Waals surface area contributed by atoms with Crippen molar-refractivity contribution in [3.8, 4) is 0 Å². The second-order valence-corrected chi connectivity index (χ2v) is 23.6. The van der Waals surface area contributed by atoms with Crippen molar-refractivity contribution < 1.29 is 67.3 Å². The summed E-state index contributed by atoms with van der Waals surface area (Å²) in [5, 5.41) is 23.8. The first-order chi connectivity index (χ1) is 37.2. The number of carbonyl (C=O) groups excluding carboxylic acids is 5. The fraction of sp³-hybridized carbons (Fsp3) is 0.787. The van der Waals surface area contributed by atoms with Crippen molar-refractivity contribution >= 4 is 29.2 Å². The third-order valence-electron chi connectivity index (χ3n) is 17.3. The molecular weight excluding hydrogens is 999 g/mol. The second-order valence-electron chi connectivity index (χ2n) is 23.6. The summed E-state index contributed by atoms with van der Waals surface area (Å²) in [4.78, 5) is 78.0. The van der Waals surface area contributed by atoms with Crippen molar-refractivity contribution in [3.63, 3.8) is 0 Å². The maximum Gasteiger partial charge on any atom is 0.329 e. The maximum atomic E-state index is 14.7. The fourth-order valence-corrected chi connectivity index (χ4v) is 12.1. The summed E-state index contributed by atoms with van der Waals surface area (Å²) in [6.07, 6.45) is 13.4. The van der Waals surface area contributed by atoms with Gasteiger partial charge >= 0.3 is 5.97 Å². The minimum Gasteiger partial charge on any atom is -0.460 e. The molecule has 4 aliphatic heterocycles. The molecule has 0 aromatic heterocycles. The Morgan fingerprint density at radius 3 is 2.24 bits per heavy atom. The van der Waals surface area contributed by atoms with Gasteiger partial charge in [0.1, 0.15) is 30.1 Å². The molecule has 4 heterocycles. The van der Waals surface area contributed by atoms with Gasteiger partial charge in [-0.05, 0) is 120 Å². The van der Waals surface area contributed by atoms with Crippen molar-refractivity contribution in [2.24, 2.45) is 35.5 Å². The van der Waals surface area contributed by atoms with Gasteiger partial charge in [0.2, 0.25) is 5.79 Å². The quantitative estimate of drug-likeness (QED) is 0.0791. The maximum absolute atomic E-state index is 14.7. The number of amides is 1. The minimum atomic E-state index is -2.46. The van der Waals surface area contributed by atoms with E-state index in [-0.39, 0.29) is 73.9 Å². The number of fused-ring (bicyclic) bond motifs is 3. The van der Waals surface area contributed by atoms with Crippen LogP contribution in [0, 0.1) is 35.5 Å². The van der Waals surface area contributed by atoms with Crippen molar-refractivity contribution in [3.05, 3.63) is 47.6 Å². The molecule has 17 nitrogen and oxygen atoms in total. The highest BCUT2D eigenvalue weighted by atomic mass is 16.6. The number of hydrogen-bond donors (Lipinski definition) is 2. The predicted molar refractivity (Wildman–Crippen MR) is 298 cm³/mol. The molecule has 442 valence electrons. The molecule has 1 aliphatic carbocycles. The number of carbonyl (C=O) groups is 5. The highest BCUT2D eigenvalue weighted by Crippen LogP contribution is 2.38. The number of aliphatic hydroxyl groups excluding tert-OH is 1. The Bertz CT molecular complexity index is 2050. The number of ketones is 3. The third kappa shape index (κ3) is 18.8. The number of hydrogen-bond acceptors (Lipinski definition) is 16. The zero-order valence-electron chi connectivity index (χ0n) is 49.2. The Labute approximate surface area is 466 Å². The first kappa shape index (κ1) is 65.3. The number of rotatable bonds is 14. The number of allylic oxidation sites excluding steroid dienone is 6. The van der Waals surface area contributed by atoms with Crippen molar-refractivity contribution in [2.75, 3.05) is 87.5 Å². The summed E-state index contributed by atoms with van der Waals surface area (Å²) in [7, 11) is 6.85. The van der Waals surface area contributed by atoms with Gasteiger partial charge in [0.15, 0.2) is 5.78 Å². The van der Waals surface area contributed by atoms with Gasteiger partial charge in [-0.1, -0.05) is 71.1 Å². The largest absolute Gasteiger partial charge is 0.460 e. The molecule has 1 amide bonds. The van der Waals surface area contributed by atoms with Crippen LogP contribution in [0.3, 0.4) is 0 Å². The lowest BCUT2D eigenvalue weighted by Gasteiger charge is -2.43. The predicted octanol–water partition coefficient (Wildman–Crippen LogP) is 6.86. The Kier molecular flexibility index (Phi) is 27.0. The van der Waals surface area contributed by atoms with E-state index in [1.807, 2.05) is 58.1 Å². The number of aliphatic hydroxyl groups is 2. The Morgan fingerprint density at radius 1 is 0.795 bits per heavy atom. The van der Waals surface area contributed by atoms with Crippen molar-refractivity contribution in [1.82, 2.24) is 14.7 Å². The molecule has 3 saturated heterocycles. The zero-order chi connectivity index (χ0) is 57.1. The number of nitrogens with zero attached hydrogens (tertiary/aromatic N) is 3. The average molecular weight is 1100 g/mol. The van der Waals surface area contributed by atoms with Crippen LogP contribution in [0.1, 0.15) is 132 Å². The molecule has 4 fully saturated rings. The lowest BCUT2D eigenvalue weighted by Crippen LogP contribution is -2.61. The number of ether oxygens (including phenoxy) is 7. The summed E-state index contributed by atoms with van der Waals surface area (Å²) >= 11 is 0. The highest BCUT2D eigenvalue weighted by Gasteiger charge is 2.53. The minimum absolute atomic E-state index is 0.00546. The molecule has 2 N–H and O–H groups in total. The normalized spacial score (nSPS) is 36.3. The van der Waals surface area contributed by atoms with Crippen molar-refractivity contribution in [2.45, 2.75) is 186 Å². The molecule has 78 heavy (non-hydrogen) atoms. The van der Waals surface area contributed by atoms with Gasteiger partial charge in [-0.3, -0.25) is 19.2 Å². The first-order valence-corrected chi connectivity index (χ1v) is 29.3. The standard InChI is InChI=1S/C61H99N3O14/c1-40-18-13-12-14-19-41(2)52(76-33-32-72-9)38-48-23-21-46(7)61(71,78-48)58(68)59(69)64-26-16-15-20-49(64)60(70)77-53(39-50(65)42(3)35-45(6)56(67)57(74-11)55(66)44(5)34-40)43(4)36-47-22-24-51(54(37-47)73-10)75-31-17-25-63-29-27-62(8)28-30-63/h12-14,18-19,35,40,42-44,46-49,51-54,56-57,67,71H,15-17,20-34,36-39H2,1-11H3/b14-12?,18-13+,41-19?,45-35+/t40-,42-,43-,44-,46-,47+,48+,49?,51-,52+,53+,54-,56-,57+,61-/m1/s1. The van der Waals surface area contributed by atoms with E-state index in [1.165, 1.54) is 12.0 Å². The summed E-state index contributed by atoms with van der Waals surface area (Å²) < 4.78 is 42.4. The van der Waals surface area contributed by atoms with Crippen LogP contribution in [0.4, 0.5) is 0 Å². The van der Waals surface area contributed by atoms with Crippen LogP contribution in [0.5, 0.6) is 0 Å². The Hall–Kier alpha value is -3.49. The first-order valence-electron chi connectivity index (χ1n) is 29.3. The van der Waals surface area contributed by atoms with E-state index in [0.29, 0.717) is 57.3 Å². The summed E-state index contributed by atoms with van der Waals surface area (Å²) in [6.45, 7) is 19.5. The van der Waals surface area contributed by atoms with E-state index in [2.05, 4.69) is 16.8 Å². The highest BCUT2D eigenvalue weighted by molar-refractivity contribution is 6.39. The van der Waals surface area contributed by atoms with Crippen molar-refractivity contribution in [1.29, 1.82) is 0 Å². The Morgan fingerprint density at radius 2 is 1.54 bits per heavy atom. The van der Waals surface area contributed by atoms with Gasteiger partial charge in [0.05, 0.1) is 37.6 Å². The van der Waals surface area contributed by atoms with E-state index in [0.717, 1.165) is 64.0 Å². The summed E-state index contributed by atoms with van der Waals surface area (Å²) in [5.41, 5.74) is 1.27. The summed E-state index contributed by atoms with van der Waals surface area (Å²) in [6, 6.07) is -1.14. The molecule has 1 saturated carbocycles. The lowest BCUT2D eigenvalue weighted by molar-refractivity contribution is -0.266. The van der Waals surface area contributed by atoms with E-state index >= 15 is 0 Å². The van der Waals surface area contributed by atoms with Crippen LogP contribution in [0.15, 0.2) is 47.6 Å². The topological polar surface area (TPSA) is 200 Å². The molecule has 1 unspecified atom stereocenters. The van der Waals surface area contributed by atoms with Gasteiger partial charge in [-0.15, -0.1) is 0 Å². The van der Waals surface area contributed by atoms with E-state index in [4.69, 9.17) is 33.2 Å². The van der Waals surface area contributed by atoms with Crippen LogP contribution in [0.2, 0.25) is 0 Å². The zero-order valence-corrected chi connectivity index (χ0v) is 49.2. The van der Waals surface area contributed by atoms with Gasteiger partial charge in [0, 0.05) is 97.8 Å². The number of likely N-dealkylation sites (N-methyl/N-ethyl adjacent to an activating group) is 1. The molecular formula is C61H99N3O14. The molecule has 0 radical (unpaired) electrons. The number of Topliss-reactive ketones (excluding diaryl/α,β-unsaturated/α-hetero) is 3. The van der Waals surface area contributed by atoms with E-state index in [1.54, 1.807) is 41.1 Å². The third-order valence-corrected chi connectivity index (χ3v) is 17.3. The molecule has 17 heteroatoms. The average Bonchev–Trinajstić information content (AvgIpc) is 3.46. The molecule has 0 aromatic rings. The molecule has 0 aromatic carbocycles. The van der Waals surface area contributed by atoms with Crippen LogP contribution < -0.4 is 0 Å². The van der Waals surface area contributed by atoms with Gasteiger partial charge in [0.25, 0.3) is 11.7 Å². The van der Waals surface area contributed by atoms with Crippen LogP contribution in [-0.2, 0) is 57.1 Å². The van der Waals surface area contributed by atoms with Crippen LogP contribution >= 0.6 is 0 Å². The van der Waals surface area contributed by atoms with Gasteiger partial charge in [-0.25, -0.2) is 4.79 Å². The van der Waals surface area contributed by atoms with E-state index < -0.39 is 77.8 Å². The molecule has 5 aliphatic rings. The molecule has 2 bridgehead atoms. The Balaban J connectivity index is 1.41. The number of methoxy groups -OCH3 is 3. The van der Waals surface area contributed by atoms with Gasteiger partial charge in [-0.2, -0.15) is 0 Å². The number of cyclic esters (lactones) is 1. The monoisotopic (exact) mass is 1100 g/mol. The number of piperazine rings is 1. The van der Waals surface area contributed by atoms with E-state index in [9.17, 15) is 34.2 Å². The molecule has 5 rings (SSSR count). The lowest BCUT2D eigenvalue weighted by atomic mass is 9.78.